The van der Waals surface area contributed by atoms with Gasteiger partial charge in [-0.05, 0) is 44.0 Å². The SMILES string of the molecule is CC(CC(=O)N1CCCC(COc2ccccc2F)C1)n1cnc2ccccc21. The van der Waals surface area contributed by atoms with Crippen molar-refractivity contribution in [2.75, 3.05) is 19.7 Å². The van der Waals surface area contributed by atoms with Crippen LogP contribution in [0, 0.1) is 11.7 Å². The summed E-state index contributed by atoms with van der Waals surface area (Å²) in [6.07, 6.45) is 4.17. The molecule has 1 aromatic heterocycles. The first kappa shape index (κ1) is 19.4. The minimum absolute atomic E-state index is 0.0324. The quantitative estimate of drug-likeness (QED) is 0.620. The lowest BCUT2D eigenvalue weighted by Gasteiger charge is -2.33. The third-order valence-corrected chi connectivity index (χ3v) is 5.61. The average Bonchev–Trinajstić information content (AvgIpc) is 3.18. The van der Waals surface area contributed by atoms with Gasteiger partial charge < -0.3 is 14.2 Å². The zero-order chi connectivity index (χ0) is 20.2. The van der Waals surface area contributed by atoms with Gasteiger partial charge in [-0.2, -0.15) is 0 Å². The Morgan fingerprint density at radius 2 is 2.03 bits per heavy atom. The molecule has 0 aliphatic carbocycles. The predicted molar refractivity (Wildman–Crippen MR) is 110 cm³/mol. The van der Waals surface area contributed by atoms with Crippen LogP contribution in [0.25, 0.3) is 11.0 Å². The fourth-order valence-corrected chi connectivity index (χ4v) is 4.01. The van der Waals surface area contributed by atoms with Crippen molar-refractivity contribution in [1.29, 1.82) is 0 Å². The van der Waals surface area contributed by atoms with Crippen LogP contribution in [0.3, 0.4) is 0 Å². The third-order valence-electron chi connectivity index (χ3n) is 5.61. The number of carbonyl (C=O) groups excluding carboxylic acids is 1. The highest BCUT2D eigenvalue weighted by atomic mass is 19.1. The number of hydrogen-bond donors (Lipinski definition) is 0. The van der Waals surface area contributed by atoms with E-state index in [1.54, 1.807) is 18.2 Å². The number of aromatic nitrogens is 2. The van der Waals surface area contributed by atoms with Crippen molar-refractivity contribution in [2.24, 2.45) is 5.92 Å². The summed E-state index contributed by atoms with van der Waals surface area (Å²) in [7, 11) is 0. The van der Waals surface area contributed by atoms with Gasteiger partial charge in [-0.3, -0.25) is 4.79 Å². The Bertz CT molecular complexity index is 987. The van der Waals surface area contributed by atoms with Crippen LogP contribution < -0.4 is 4.74 Å². The Kier molecular flexibility index (Phi) is 5.79. The van der Waals surface area contributed by atoms with Gasteiger partial charge >= 0.3 is 0 Å². The number of nitrogens with zero attached hydrogens (tertiary/aromatic N) is 3. The number of ether oxygens (including phenoxy) is 1. The monoisotopic (exact) mass is 395 g/mol. The molecule has 6 heteroatoms. The van der Waals surface area contributed by atoms with E-state index in [4.69, 9.17) is 4.74 Å². The number of halogens is 1. The van der Waals surface area contributed by atoms with E-state index in [0.717, 1.165) is 30.4 Å². The highest BCUT2D eigenvalue weighted by Gasteiger charge is 2.26. The summed E-state index contributed by atoms with van der Waals surface area (Å²) < 4.78 is 21.5. The Morgan fingerprint density at radius 3 is 2.90 bits per heavy atom. The third kappa shape index (κ3) is 4.42. The van der Waals surface area contributed by atoms with Crippen LogP contribution in [-0.4, -0.2) is 40.1 Å². The Hall–Kier alpha value is -2.89. The van der Waals surface area contributed by atoms with E-state index < -0.39 is 0 Å². The fourth-order valence-electron chi connectivity index (χ4n) is 4.01. The molecular formula is C23H26FN3O2. The Labute approximate surface area is 170 Å². The molecule has 2 heterocycles. The summed E-state index contributed by atoms with van der Waals surface area (Å²) in [5.41, 5.74) is 1.98. The first-order chi connectivity index (χ1) is 14.1. The number of benzene rings is 2. The minimum Gasteiger partial charge on any atom is -0.490 e. The van der Waals surface area contributed by atoms with Gasteiger partial charge in [-0.1, -0.05) is 24.3 Å². The number of carbonyl (C=O) groups is 1. The van der Waals surface area contributed by atoms with Crippen LogP contribution in [0.5, 0.6) is 5.75 Å². The molecule has 0 saturated carbocycles. The summed E-state index contributed by atoms with van der Waals surface area (Å²) in [5.74, 6) is 0.289. The first-order valence-corrected chi connectivity index (χ1v) is 10.2. The molecule has 0 radical (unpaired) electrons. The molecule has 2 unspecified atom stereocenters. The van der Waals surface area contributed by atoms with Crippen molar-refractivity contribution in [2.45, 2.75) is 32.2 Å². The van der Waals surface area contributed by atoms with E-state index in [-0.39, 0.29) is 29.4 Å². The van der Waals surface area contributed by atoms with Gasteiger partial charge in [0.1, 0.15) is 0 Å². The minimum atomic E-state index is -0.349. The van der Waals surface area contributed by atoms with E-state index in [9.17, 15) is 9.18 Å². The second-order valence-corrected chi connectivity index (χ2v) is 7.78. The molecule has 152 valence electrons. The number of para-hydroxylation sites is 3. The van der Waals surface area contributed by atoms with Crippen LogP contribution in [0.2, 0.25) is 0 Å². The van der Waals surface area contributed by atoms with Gasteiger partial charge in [-0.15, -0.1) is 0 Å². The van der Waals surface area contributed by atoms with E-state index in [0.29, 0.717) is 19.6 Å². The maximum Gasteiger partial charge on any atom is 0.224 e. The van der Waals surface area contributed by atoms with Gasteiger partial charge in [0.05, 0.1) is 24.0 Å². The normalized spacial score (nSPS) is 18.0. The zero-order valence-corrected chi connectivity index (χ0v) is 16.6. The molecule has 1 fully saturated rings. The summed E-state index contributed by atoms with van der Waals surface area (Å²) in [6, 6.07) is 14.4. The van der Waals surface area contributed by atoms with Gasteiger partial charge in [0.2, 0.25) is 5.91 Å². The second-order valence-electron chi connectivity index (χ2n) is 7.78. The van der Waals surface area contributed by atoms with E-state index in [1.165, 1.54) is 6.07 Å². The number of hydrogen-bond acceptors (Lipinski definition) is 3. The van der Waals surface area contributed by atoms with Crippen LogP contribution in [0.4, 0.5) is 4.39 Å². The second kappa shape index (κ2) is 8.64. The van der Waals surface area contributed by atoms with Gasteiger partial charge in [0.25, 0.3) is 0 Å². The van der Waals surface area contributed by atoms with Crippen molar-refractivity contribution >= 4 is 16.9 Å². The van der Waals surface area contributed by atoms with Crippen molar-refractivity contribution in [1.82, 2.24) is 14.5 Å². The average molecular weight is 395 g/mol. The number of fused-ring (bicyclic) bond motifs is 1. The molecule has 3 aromatic rings. The van der Waals surface area contributed by atoms with E-state index in [2.05, 4.69) is 16.5 Å². The smallest absolute Gasteiger partial charge is 0.224 e. The van der Waals surface area contributed by atoms with Crippen molar-refractivity contribution in [3.8, 4) is 5.75 Å². The highest BCUT2D eigenvalue weighted by Crippen LogP contribution is 2.24. The number of likely N-dealkylation sites (tertiary alicyclic amines) is 1. The Morgan fingerprint density at radius 1 is 1.24 bits per heavy atom. The fraction of sp³-hybridized carbons (Fsp3) is 0.391. The lowest BCUT2D eigenvalue weighted by Crippen LogP contribution is -2.42. The molecule has 1 aliphatic rings. The molecule has 5 nitrogen and oxygen atoms in total. The van der Waals surface area contributed by atoms with Crippen molar-refractivity contribution in [3.05, 3.63) is 60.7 Å². The summed E-state index contributed by atoms with van der Waals surface area (Å²) in [5, 5.41) is 0. The topological polar surface area (TPSA) is 47.4 Å². The molecular weight excluding hydrogens is 369 g/mol. The van der Waals surface area contributed by atoms with Gasteiger partial charge in [-0.25, -0.2) is 9.37 Å². The largest absolute Gasteiger partial charge is 0.490 e. The summed E-state index contributed by atoms with van der Waals surface area (Å²) in [6.45, 7) is 3.90. The van der Waals surface area contributed by atoms with E-state index in [1.807, 2.05) is 35.5 Å². The van der Waals surface area contributed by atoms with Crippen LogP contribution in [0.1, 0.15) is 32.2 Å². The molecule has 2 aromatic carbocycles. The molecule has 2 atom stereocenters. The zero-order valence-electron chi connectivity index (χ0n) is 16.6. The summed E-state index contributed by atoms with van der Waals surface area (Å²) in [4.78, 5) is 19.3. The molecule has 1 amide bonds. The number of amides is 1. The van der Waals surface area contributed by atoms with Crippen LogP contribution in [-0.2, 0) is 4.79 Å². The van der Waals surface area contributed by atoms with Crippen LogP contribution in [0.15, 0.2) is 54.9 Å². The van der Waals surface area contributed by atoms with Crippen LogP contribution >= 0.6 is 0 Å². The lowest BCUT2D eigenvalue weighted by molar-refractivity contribution is -0.133. The highest BCUT2D eigenvalue weighted by molar-refractivity contribution is 5.78. The molecule has 0 spiro atoms. The molecule has 1 saturated heterocycles. The molecule has 0 bridgehead atoms. The van der Waals surface area contributed by atoms with Crippen molar-refractivity contribution < 1.29 is 13.9 Å². The van der Waals surface area contributed by atoms with E-state index >= 15 is 0 Å². The number of rotatable bonds is 6. The molecule has 0 N–H and O–H groups in total. The molecule has 29 heavy (non-hydrogen) atoms. The molecule has 4 rings (SSSR count). The van der Waals surface area contributed by atoms with Gasteiger partial charge in [0.15, 0.2) is 11.6 Å². The first-order valence-electron chi connectivity index (χ1n) is 10.2. The predicted octanol–water partition coefficient (Wildman–Crippen LogP) is 4.44. The number of imidazole rings is 1. The maximum atomic E-state index is 13.7. The maximum absolute atomic E-state index is 13.7. The lowest BCUT2D eigenvalue weighted by atomic mass is 9.98. The standard InChI is InChI=1S/C23H26FN3O2/c1-17(27-16-25-20-9-3-4-10-21(20)27)13-23(28)26-12-6-7-18(14-26)15-29-22-11-5-2-8-19(22)24/h2-5,8-11,16-18H,6-7,12-15H2,1H3. The van der Waals surface area contributed by atoms with Gasteiger partial charge in [0, 0.05) is 31.5 Å². The van der Waals surface area contributed by atoms with Crippen molar-refractivity contribution in [3.63, 3.8) is 0 Å². The summed E-state index contributed by atoms with van der Waals surface area (Å²) >= 11 is 0. The Balaban J connectivity index is 1.34. The number of piperidine rings is 1. The molecule has 1 aliphatic heterocycles.